The highest BCUT2D eigenvalue weighted by atomic mass is 32.2. The van der Waals surface area contributed by atoms with E-state index in [1.165, 1.54) is 16.8 Å². The number of ether oxygens (including phenoxy) is 1. The van der Waals surface area contributed by atoms with Crippen molar-refractivity contribution >= 4 is 16.0 Å². The molecule has 0 radical (unpaired) electrons. The van der Waals surface area contributed by atoms with Crippen LogP contribution in [0.4, 0.5) is 4.39 Å². The van der Waals surface area contributed by atoms with Crippen molar-refractivity contribution in [2.75, 3.05) is 0 Å². The van der Waals surface area contributed by atoms with Gasteiger partial charge in [0, 0.05) is 6.54 Å². The fraction of sp³-hybridized carbons (Fsp3) is 0.333. The fourth-order valence-electron chi connectivity index (χ4n) is 2.98. The number of carbonyl (C=O) groups excluding carboxylic acids is 1. The molecule has 1 aromatic heterocycles. The monoisotopic (exact) mass is 461 g/mol. The largest absolute Gasteiger partial charge is 0.456 e. The number of hydrogen-bond donors (Lipinski definition) is 1. The molecule has 11 heteroatoms. The van der Waals surface area contributed by atoms with Crippen LogP contribution >= 0.6 is 0 Å². The Bertz CT molecular complexity index is 1140. The first-order valence-corrected chi connectivity index (χ1v) is 11.6. The number of sulfonamides is 1. The molecule has 0 bridgehead atoms. The molecular weight excluding hydrogens is 437 g/mol. The fourth-order valence-corrected chi connectivity index (χ4v) is 4.24. The lowest BCUT2D eigenvalue weighted by molar-refractivity contribution is -0.147. The Kier molecular flexibility index (Phi) is 8.01. The van der Waals surface area contributed by atoms with E-state index in [1.54, 1.807) is 30.3 Å². The number of hydrogen-bond acceptors (Lipinski definition) is 7. The van der Waals surface area contributed by atoms with Crippen LogP contribution in [0.2, 0.25) is 0 Å². The Morgan fingerprint density at radius 1 is 1.16 bits per heavy atom. The number of rotatable bonds is 11. The summed E-state index contributed by atoms with van der Waals surface area (Å²) in [5.74, 6) is -1.39. The molecule has 0 unspecified atom stereocenters. The third-order valence-electron chi connectivity index (χ3n) is 4.66. The summed E-state index contributed by atoms with van der Waals surface area (Å²) in [6, 6.07) is 12.5. The van der Waals surface area contributed by atoms with E-state index in [1.807, 2.05) is 6.92 Å². The summed E-state index contributed by atoms with van der Waals surface area (Å²) in [6.07, 6.45) is 1.81. The van der Waals surface area contributed by atoms with Crippen LogP contribution < -0.4 is 4.72 Å². The topological polar surface area (TPSA) is 116 Å². The van der Waals surface area contributed by atoms with Gasteiger partial charge in [-0.25, -0.2) is 17.5 Å². The number of esters is 1. The zero-order valence-corrected chi connectivity index (χ0v) is 18.3. The van der Waals surface area contributed by atoms with Crippen LogP contribution in [0.5, 0.6) is 0 Å². The van der Waals surface area contributed by atoms with Crippen molar-refractivity contribution in [3.8, 4) is 0 Å². The second-order valence-electron chi connectivity index (χ2n) is 7.07. The van der Waals surface area contributed by atoms with E-state index in [0.717, 1.165) is 25.0 Å². The van der Waals surface area contributed by atoms with Crippen molar-refractivity contribution < 1.29 is 22.3 Å². The number of tetrazole rings is 1. The molecule has 0 amide bonds. The predicted octanol–water partition coefficient (Wildman–Crippen LogP) is 2.25. The van der Waals surface area contributed by atoms with Crippen LogP contribution in [0.15, 0.2) is 59.5 Å². The van der Waals surface area contributed by atoms with Crippen molar-refractivity contribution in [2.45, 2.75) is 50.3 Å². The van der Waals surface area contributed by atoms with Crippen molar-refractivity contribution in [1.29, 1.82) is 0 Å². The molecule has 0 saturated heterocycles. The Balaban J connectivity index is 1.77. The maximum atomic E-state index is 14.1. The molecule has 170 valence electrons. The third kappa shape index (κ3) is 6.17. The number of nitrogens with one attached hydrogen (secondary N) is 1. The average Bonchev–Trinajstić information content (AvgIpc) is 3.23. The lowest BCUT2D eigenvalue weighted by atomic mass is 10.1. The lowest BCUT2D eigenvalue weighted by Crippen LogP contribution is -2.43. The SMILES string of the molecule is CCCCn1nnnc1COC(=O)[C@H](Cc1ccccc1)NS(=O)(=O)c1ccccc1F. The highest BCUT2D eigenvalue weighted by Gasteiger charge is 2.29. The Morgan fingerprint density at radius 2 is 1.88 bits per heavy atom. The van der Waals surface area contributed by atoms with E-state index in [0.29, 0.717) is 17.9 Å². The van der Waals surface area contributed by atoms with Crippen LogP contribution in [0, 0.1) is 5.82 Å². The predicted molar refractivity (Wildman–Crippen MR) is 113 cm³/mol. The maximum absolute atomic E-state index is 14.1. The van der Waals surface area contributed by atoms with Crippen molar-refractivity contribution in [3.63, 3.8) is 0 Å². The van der Waals surface area contributed by atoms with Crippen LogP contribution in [-0.2, 0) is 39.1 Å². The zero-order chi connectivity index (χ0) is 23.0. The number of aromatic nitrogens is 4. The molecule has 0 spiro atoms. The summed E-state index contributed by atoms with van der Waals surface area (Å²) in [6.45, 7) is 2.38. The summed E-state index contributed by atoms with van der Waals surface area (Å²) in [7, 11) is -4.32. The van der Waals surface area contributed by atoms with Gasteiger partial charge in [0.1, 0.15) is 16.8 Å². The molecule has 0 saturated carbocycles. The van der Waals surface area contributed by atoms with Crippen molar-refractivity contribution in [3.05, 3.63) is 71.8 Å². The standard InChI is InChI=1S/C21H24FN5O4S/c1-2-3-13-27-20(23-25-26-27)15-31-21(28)18(14-16-9-5-4-6-10-16)24-32(29,30)19-12-8-7-11-17(19)22/h4-12,18,24H,2-3,13-15H2,1H3/t18-/m0/s1. The maximum Gasteiger partial charge on any atom is 0.324 e. The molecule has 1 heterocycles. The second kappa shape index (κ2) is 10.9. The van der Waals surface area contributed by atoms with E-state index in [-0.39, 0.29) is 13.0 Å². The average molecular weight is 462 g/mol. The van der Waals surface area contributed by atoms with Gasteiger partial charge in [-0.1, -0.05) is 55.8 Å². The quantitative estimate of drug-likeness (QED) is 0.435. The number of halogens is 1. The smallest absolute Gasteiger partial charge is 0.324 e. The minimum absolute atomic E-state index is 0.0220. The Hall–Kier alpha value is -3.18. The van der Waals surface area contributed by atoms with E-state index in [2.05, 4.69) is 20.2 Å². The van der Waals surface area contributed by atoms with Gasteiger partial charge in [-0.3, -0.25) is 4.79 Å². The van der Waals surface area contributed by atoms with Crippen LogP contribution in [0.1, 0.15) is 31.2 Å². The van der Waals surface area contributed by atoms with Crippen LogP contribution in [0.25, 0.3) is 0 Å². The number of carbonyl (C=O) groups is 1. The Labute approximate surface area is 185 Å². The van der Waals surface area contributed by atoms with E-state index in [9.17, 15) is 17.6 Å². The van der Waals surface area contributed by atoms with Crippen molar-refractivity contribution in [1.82, 2.24) is 24.9 Å². The van der Waals surface area contributed by atoms with Gasteiger partial charge in [0.15, 0.2) is 12.4 Å². The van der Waals surface area contributed by atoms with Crippen LogP contribution in [0.3, 0.4) is 0 Å². The molecule has 0 fully saturated rings. The lowest BCUT2D eigenvalue weighted by Gasteiger charge is -2.18. The van der Waals surface area contributed by atoms with Gasteiger partial charge in [-0.2, -0.15) is 4.72 Å². The van der Waals surface area contributed by atoms with Gasteiger partial charge in [-0.05, 0) is 41.0 Å². The number of nitrogens with zero attached hydrogens (tertiary/aromatic N) is 4. The summed E-state index contributed by atoms with van der Waals surface area (Å²) in [5, 5.41) is 11.3. The Morgan fingerprint density at radius 3 is 2.59 bits per heavy atom. The van der Waals surface area contributed by atoms with Crippen molar-refractivity contribution in [2.24, 2.45) is 0 Å². The number of unbranched alkanes of at least 4 members (excludes halogenated alkanes) is 1. The molecule has 9 nitrogen and oxygen atoms in total. The molecule has 1 atom stereocenters. The molecule has 0 aliphatic rings. The van der Waals surface area contributed by atoms with Gasteiger partial charge in [0.05, 0.1) is 0 Å². The highest BCUT2D eigenvalue weighted by molar-refractivity contribution is 7.89. The third-order valence-corrected chi connectivity index (χ3v) is 6.17. The van der Waals surface area contributed by atoms with Crippen LogP contribution in [-0.4, -0.2) is 40.6 Å². The molecule has 2 aromatic carbocycles. The van der Waals surface area contributed by atoms with Gasteiger partial charge in [0.2, 0.25) is 10.0 Å². The second-order valence-corrected chi connectivity index (χ2v) is 8.76. The molecule has 3 aromatic rings. The highest BCUT2D eigenvalue weighted by Crippen LogP contribution is 2.15. The summed E-state index contributed by atoms with van der Waals surface area (Å²) in [5.41, 5.74) is 0.707. The number of aryl methyl sites for hydroxylation is 1. The van der Waals surface area contributed by atoms with E-state index in [4.69, 9.17) is 4.74 Å². The normalized spacial score (nSPS) is 12.4. The van der Waals surface area contributed by atoms with Gasteiger partial charge < -0.3 is 4.74 Å². The summed E-state index contributed by atoms with van der Waals surface area (Å²) in [4.78, 5) is 12.3. The first-order valence-electron chi connectivity index (χ1n) is 10.1. The van der Waals surface area contributed by atoms with Gasteiger partial charge in [0.25, 0.3) is 0 Å². The molecule has 0 aliphatic carbocycles. The molecule has 1 N–H and O–H groups in total. The number of benzene rings is 2. The van der Waals surface area contributed by atoms with Gasteiger partial charge in [-0.15, -0.1) is 5.10 Å². The molecule has 3 rings (SSSR count). The van der Waals surface area contributed by atoms with E-state index >= 15 is 0 Å². The first-order chi connectivity index (χ1) is 15.4. The molecule has 32 heavy (non-hydrogen) atoms. The van der Waals surface area contributed by atoms with Gasteiger partial charge >= 0.3 is 5.97 Å². The first kappa shape index (κ1) is 23.5. The zero-order valence-electron chi connectivity index (χ0n) is 17.5. The molecule has 0 aliphatic heterocycles. The minimum Gasteiger partial charge on any atom is -0.456 e. The summed E-state index contributed by atoms with van der Waals surface area (Å²) >= 11 is 0. The van der Waals surface area contributed by atoms with E-state index < -0.39 is 32.7 Å². The minimum atomic E-state index is -4.32. The summed E-state index contributed by atoms with van der Waals surface area (Å²) < 4.78 is 48.8. The molecular formula is C21H24FN5O4S.